The second-order valence-corrected chi connectivity index (χ2v) is 12.0. The molecule has 0 spiro atoms. The third kappa shape index (κ3) is 10.7. The van der Waals surface area contributed by atoms with Crippen LogP contribution in [0.2, 0.25) is 0 Å². The Morgan fingerprint density at radius 1 is 0.825 bits per heavy atom. The zero-order chi connectivity index (χ0) is 28.6. The molecule has 8 nitrogen and oxygen atoms in total. The summed E-state index contributed by atoms with van der Waals surface area (Å²) in [5.41, 5.74) is 3.14. The topological polar surface area (TPSA) is 110 Å². The van der Waals surface area contributed by atoms with E-state index in [4.69, 9.17) is 4.74 Å². The summed E-state index contributed by atoms with van der Waals surface area (Å²) in [4.78, 5) is 20.4. The fraction of sp³-hybridized carbons (Fsp3) is 0.452. The van der Waals surface area contributed by atoms with Crippen molar-refractivity contribution < 1.29 is 23.1 Å². The average molecular weight is 568 g/mol. The van der Waals surface area contributed by atoms with Gasteiger partial charge in [-0.05, 0) is 104 Å². The van der Waals surface area contributed by atoms with E-state index in [9.17, 15) is 18.3 Å². The number of carboxylic acid groups (broad SMARTS) is 1. The van der Waals surface area contributed by atoms with Crippen LogP contribution in [0.5, 0.6) is 5.75 Å². The standard InChI is InChI=1S/C31H41N3O5S/c1-2-3-24-40(37,38)34(22-6-4-8-26-14-18-32-19-15-26)30(31(35)36)25-28-10-12-29(13-11-28)39-23-7-5-9-27-16-20-33-21-17-27/h10-21,30H,2-9,22-25H2,1H3,(H,35,36)/t30-/m0/s1. The first kappa shape index (κ1) is 31.2. The predicted molar refractivity (Wildman–Crippen MR) is 157 cm³/mol. The molecule has 1 N–H and O–H groups in total. The third-order valence-electron chi connectivity index (χ3n) is 6.82. The number of ether oxygens (including phenoxy) is 1. The Morgan fingerprint density at radius 3 is 1.95 bits per heavy atom. The molecule has 0 saturated heterocycles. The fourth-order valence-electron chi connectivity index (χ4n) is 4.51. The SMILES string of the molecule is CCCCS(=O)(=O)N(CCCCc1ccncc1)[C@@H](Cc1ccc(OCCCCc2ccncc2)cc1)C(=O)O. The Balaban J connectivity index is 1.57. The molecular formula is C31H41N3O5S. The summed E-state index contributed by atoms with van der Waals surface area (Å²) in [6.07, 6.45) is 13.4. The number of unbranched alkanes of at least 4 members (excludes halogenated alkanes) is 3. The van der Waals surface area contributed by atoms with Gasteiger partial charge in [0.1, 0.15) is 11.8 Å². The maximum Gasteiger partial charge on any atom is 0.322 e. The van der Waals surface area contributed by atoms with E-state index in [1.54, 1.807) is 24.8 Å². The quantitative estimate of drug-likeness (QED) is 0.195. The molecular weight excluding hydrogens is 526 g/mol. The van der Waals surface area contributed by atoms with Gasteiger partial charge in [0.05, 0.1) is 12.4 Å². The van der Waals surface area contributed by atoms with Gasteiger partial charge < -0.3 is 9.84 Å². The fourth-order valence-corrected chi connectivity index (χ4v) is 6.35. The lowest BCUT2D eigenvalue weighted by atomic mass is 10.1. The van der Waals surface area contributed by atoms with Gasteiger partial charge in [-0.15, -0.1) is 0 Å². The number of carboxylic acids is 1. The number of aromatic nitrogens is 2. The summed E-state index contributed by atoms with van der Waals surface area (Å²) >= 11 is 0. The van der Waals surface area contributed by atoms with Crippen LogP contribution in [0.3, 0.4) is 0 Å². The number of aliphatic carboxylic acids is 1. The van der Waals surface area contributed by atoms with Gasteiger partial charge in [0.2, 0.25) is 10.0 Å². The molecule has 0 aliphatic heterocycles. The zero-order valence-electron chi connectivity index (χ0n) is 23.3. The molecule has 0 amide bonds. The van der Waals surface area contributed by atoms with Crippen LogP contribution in [0.25, 0.3) is 0 Å². The van der Waals surface area contributed by atoms with Gasteiger partial charge in [-0.1, -0.05) is 25.5 Å². The lowest BCUT2D eigenvalue weighted by Crippen LogP contribution is -2.47. The van der Waals surface area contributed by atoms with E-state index in [0.717, 1.165) is 49.7 Å². The van der Waals surface area contributed by atoms with Crippen molar-refractivity contribution in [3.63, 3.8) is 0 Å². The number of carbonyl (C=O) groups is 1. The van der Waals surface area contributed by atoms with E-state index in [0.29, 0.717) is 25.2 Å². The molecule has 40 heavy (non-hydrogen) atoms. The monoisotopic (exact) mass is 567 g/mol. The van der Waals surface area contributed by atoms with Gasteiger partial charge >= 0.3 is 5.97 Å². The lowest BCUT2D eigenvalue weighted by Gasteiger charge is -2.28. The highest BCUT2D eigenvalue weighted by atomic mass is 32.2. The van der Waals surface area contributed by atoms with Crippen LogP contribution >= 0.6 is 0 Å². The molecule has 0 aliphatic rings. The minimum Gasteiger partial charge on any atom is -0.494 e. The highest BCUT2D eigenvalue weighted by molar-refractivity contribution is 7.89. The van der Waals surface area contributed by atoms with Gasteiger partial charge in [0.15, 0.2) is 0 Å². The molecule has 1 atom stereocenters. The number of sulfonamides is 1. The van der Waals surface area contributed by atoms with Crippen molar-refractivity contribution in [1.29, 1.82) is 0 Å². The second-order valence-electron chi connectivity index (χ2n) is 9.96. The van der Waals surface area contributed by atoms with Crippen molar-refractivity contribution in [3.8, 4) is 5.75 Å². The largest absolute Gasteiger partial charge is 0.494 e. The Kier molecular flexibility index (Phi) is 13.1. The first-order valence-electron chi connectivity index (χ1n) is 14.1. The molecule has 1 aromatic carbocycles. The first-order valence-corrected chi connectivity index (χ1v) is 15.7. The first-order chi connectivity index (χ1) is 19.4. The van der Waals surface area contributed by atoms with E-state index < -0.39 is 22.0 Å². The number of rotatable bonds is 19. The summed E-state index contributed by atoms with van der Waals surface area (Å²) < 4.78 is 33.5. The third-order valence-corrected chi connectivity index (χ3v) is 8.78. The Hall–Kier alpha value is -3.30. The van der Waals surface area contributed by atoms with Crippen LogP contribution in [0.4, 0.5) is 0 Å². The van der Waals surface area contributed by atoms with Crippen molar-refractivity contribution in [2.75, 3.05) is 18.9 Å². The highest BCUT2D eigenvalue weighted by Crippen LogP contribution is 2.20. The van der Waals surface area contributed by atoms with E-state index in [2.05, 4.69) is 9.97 Å². The zero-order valence-corrected chi connectivity index (χ0v) is 24.1. The highest BCUT2D eigenvalue weighted by Gasteiger charge is 2.34. The molecule has 9 heteroatoms. The van der Waals surface area contributed by atoms with Gasteiger partial charge in [0.25, 0.3) is 0 Å². The van der Waals surface area contributed by atoms with Gasteiger partial charge in [-0.25, -0.2) is 8.42 Å². The van der Waals surface area contributed by atoms with Crippen LogP contribution in [0.1, 0.15) is 62.1 Å². The summed E-state index contributed by atoms with van der Waals surface area (Å²) in [5, 5.41) is 10.1. The van der Waals surface area contributed by atoms with Crippen LogP contribution in [0, 0.1) is 0 Å². The minimum absolute atomic E-state index is 0.0500. The molecule has 0 saturated carbocycles. The Morgan fingerprint density at radius 2 is 1.40 bits per heavy atom. The number of hydrogen-bond donors (Lipinski definition) is 1. The molecule has 2 aromatic heterocycles. The molecule has 216 valence electrons. The molecule has 0 fully saturated rings. The summed E-state index contributed by atoms with van der Waals surface area (Å²) in [6, 6.07) is 14.0. The van der Waals surface area contributed by atoms with Gasteiger partial charge in [-0.3, -0.25) is 14.8 Å². The summed E-state index contributed by atoms with van der Waals surface area (Å²) in [7, 11) is -3.73. The number of nitrogens with zero attached hydrogens (tertiary/aromatic N) is 3. The van der Waals surface area contributed by atoms with Crippen molar-refractivity contribution in [2.24, 2.45) is 0 Å². The normalized spacial score (nSPS) is 12.3. The van der Waals surface area contributed by atoms with Gasteiger partial charge in [0, 0.05) is 31.3 Å². The van der Waals surface area contributed by atoms with E-state index in [1.807, 2.05) is 55.5 Å². The Labute approximate surface area is 238 Å². The summed E-state index contributed by atoms with van der Waals surface area (Å²) in [6.45, 7) is 2.69. The van der Waals surface area contributed by atoms with E-state index in [-0.39, 0.29) is 18.7 Å². The molecule has 0 bridgehead atoms. The van der Waals surface area contributed by atoms with Crippen molar-refractivity contribution >= 4 is 16.0 Å². The minimum atomic E-state index is -3.73. The van der Waals surface area contributed by atoms with Crippen LogP contribution in [-0.4, -0.2) is 58.7 Å². The molecule has 3 aromatic rings. The van der Waals surface area contributed by atoms with Crippen molar-refractivity contribution in [2.45, 2.75) is 70.8 Å². The Bertz CT molecular complexity index is 1240. The molecule has 0 aliphatic carbocycles. The smallest absolute Gasteiger partial charge is 0.322 e. The molecule has 0 radical (unpaired) electrons. The lowest BCUT2D eigenvalue weighted by molar-refractivity contribution is -0.141. The molecule has 2 heterocycles. The van der Waals surface area contributed by atoms with Crippen LogP contribution < -0.4 is 4.74 Å². The number of pyridine rings is 2. The van der Waals surface area contributed by atoms with Crippen molar-refractivity contribution in [1.82, 2.24) is 14.3 Å². The van der Waals surface area contributed by atoms with Gasteiger partial charge in [-0.2, -0.15) is 4.31 Å². The number of aryl methyl sites for hydroxylation is 2. The number of benzene rings is 1. The van der Waals surface area contributed by atoms with Crippen LogP contribution in [0.15, 0.2) is 73.3 Å². The maximum atomic E-state index is 13.2. The summed E-state index contributed by atoms with van der Waals surface area (Å²) in [5.74, 6) is -0.474. The maximum absolute atomic E-state index is 13.2. The average Bonchev–Trinajstić information content (AvgIpc) is 2.96. The van der Waals surface area contributed by atoms with E-state index >= 15 is 0 Å². The predicted octanol–water partition coefficient (Wildman–Crippen LogP) is 5.33. The number of hydrogen-bond acceptors (Lipinski definition) is 6. The molecule has 3 rings (SSSR count). The van der Waals surface area contributed by atoms with E-state index in [1.165, 1.54) is 9.87 Å². The molecule has 0 unspecified atom stereocenters. The second kappa shape index (κ2) is 16.7. The van der Waals surface area contributed by atoms with Crippen molar-refractivity contribution in [3.05, 3.63) is 90.0 Å². The van der Waals surface area contributed by atoms with Crippen LogP contribution in [-0.2, 0) is 34.1 Å².